The largest absolute Gasteiger partial charge is 0.454 e. The minimum atomic E-state index is -0.0462. The van der Waals surface area contributed by atoms with Crippen LogP contribution in [0.2, 0.25) is 5.02 Å². The number of benzene rings is 2. The molecule has 0 saturated carbocycles. The van der Waals surface area contributed by atoms with Crippen molar-refractivity contribution in [3.63, 3.8) is 0 Å². The maximum absolute atomic E-state index is 13.4. The van der Waals surface area contributed by atoms with Crippen LogP contribution in [0.4, 0.5) is 0 Å². The van der Waals surface area contributed by atoms with Crippen molar-refractivity contribution in [2.24, 2.45) is 5.92 Å². The number of imidazole rings is 1. The number of amides is 1. The molecule has 30 heavy (non-hydrogen) atoms. The minimum Gasteiger partial charge on any atom is -0.454 e. The van der Waals surface area contributed by atoms with E-state index >= 15 is 0 Å². The highest BCUT2D eigenvalue weighted by atomic mass is 35.5. The van der Waals surface area contributed by atoms with Gasteiger partial charge < -0.3 is 18.9 Å². The number of aromatic nitrogens is 2. The first-order valence-corrected chi connectivity index (χ1v) is 10.7. The Bertz CT molecular complexity index is 1080. The number of aryl methyl sites for hydroxylation is 1. The Kier molecular flexibility index (Phi) is 5.86. The van der Waals surface area contributed by atoms with Gasteiger partial charge in [0.2, 0.25) is 6.79 Å². The van der Waals surface area contributed by atoms with Crippen molar-refractivity contribution in [2.75, 3.05) is 13.3 Å². The molecule has 2 aromatic carbocycles. The van der Waals surface area contributed by atoms with Gasteiger partial charge in [0.15, 0.2) is 11.5 Å². The lowest BCUT2D eigenvalue weighted by atomic mass is 10.1. The molecule has 0 spiro atoms. The van der Waals surface area contributed by atoms with Crippen LogP contribution in [0.5, 0.6) is 11.5 Å². The van der Waals surface area contributed by atoms with Crippen LogP contribution >= 0.6 is 11.6 Å². The Balaban J connectivity index is 1.68. The Morgan fingerprint density at radius 3 is 2.77 bits per heavy atom. The van der Waals surface area contributed by atoms with Gasteiger partial charge >= 0.3 is 0 Å². The summed E-state index contributed by atoms with van der Waals surface area (Å²) in [5.41, 5.74) is 2.48. The number of halogens is 1. The number of fused-ring (bicyclic) bond motifs is 2. The van der Waals surface area contributed by atoms with Gasteiger partial charge in [0.1, 0.15) is 5.82 Å². The predicted molar refractivity (Wildman–Crippen MR) is 117 cm³/mol. The van der Waals surface area contributed by atoms with Crippen LogP contribution < -0.4 is 9.47 Å². The normalized spacial score (nSPS) is 12.7. The molecule has 0 saturated heterocycles. The van der Waals surface area contributed by atoms with Gasteiger partial charge in [0.05, 0.1) is 17.6 Å². The highest BCUT2D eigenvalue weighted by Crippen LogP contribution is 2.33. The third kappa shape index (κ3) is 4.10. The monoisotopic (exact) mass is 427 g/mol. The molecule has 1 aromatic heterocycles. The fourth-order valence-electron chi connectivity index (χ4n) is 3.78. The predicted octanol–water partition coefficient (Wildman–Crippen LogP) is 5.13. The summed E-state index contributed by atoms with van der Waals surface area (Å²) in [6, 6.07) is 11.1. The lowest BCUT2D eigenvalue weighted by Crippen LogP contribution is -2.34. The van der Waals surface area contributed by atoms with Gasteiger partial charge in [-0.15, -0.1) is 0 Å². The number of carbonyl (C=O) groups excluding carboxylic acids is 1. The Morgan fingerprint density at radius 1 is 1.20 bits per heavy atom. The van der Waals surface area contributed by atoms with Crippen molar-refractivity contribution in [2.45, 2.75) is 40.3 Å². The molecule has 1 amide bonds. The van der Waals surface area contributed by atoms with Crippen LogP contribution in [0.15, 0.2) is 36.4 Å². The quantitative estimate of drug-likeness (QED) is 0.524. The summed E-state index contributed by atoms with van der Waals surface area (Å²) in [5.74, 6) is 2.42. The average Bonchev–Trinajstić information content (AvgIpc) is 3.31. The summed E-state index contributed by atoms with van der Waals surface area (Å²) in [6.45, 7) is 8.40. The molecule has 0 N–H and O–H groups in total. The maximum atomic E-state index is 13.4. The molecule has 1 aliphatic rings. The Labute approximate surface area is 181 Å². The summed E-state index contributed by atoms with van der Waals surface area (Å²) in [7, 11) is 0. The lowest BCUT2D eigenvalue weighted by molar-refractivity contribution is 0.0716. The zero-order valence-electron chi connectivity index (χ0n) is 17.5. The SMILES string of the molecule is CCCn1c(CN(CC(C)C)C(=O)c2ccc3c(c2)OCO3)nc2ccc(Cl)cc21. The number of carbonyl (C=O) groups is 1. The molecule has 0 atom stereocenters. The molecule has 0 fully saturated rings. The first kappa shape index (κ1) is 20.5. The number of hydrogen-bond acceptors (Lipinski definition) is 4. The second kappa shape index (κ2) is 8.56. The van der Waals surface area contributed by atoms with Crippen molar-refractivity contribution in [1.29, 1.82) is 0 Å². The second-order valence-corrected chi connectivity index (χ2v) is 8.40. The van der Waals surface area contributed by atoms with Crippen molar-refractivity contribution in [3.05, 3.63) is 52.8 Å². The first-order valence-electron chi connectivity index (χ1n) is 10.3. The number of rotatable bonds is 7. The van der Waals surface area contributed by atoms with Gasteiger partial charge in [-0.1, -0.05) is 32.4 Å². The Morgan fingerprint density at radius 2 is 2.00 bits per heavy atom. The van der Waals surface area contributed by atoms with Gasteiger partial charge in [0, 0.05) is 23.7 Å². The van der Waals surface area contributed by atoms with Crippen molar-refractivity contribution >= 4 is 28.5 Å². The van der Waals surface area contributed by atoms with Gasteiger partial charge in [-0.05, 0) is 48.7 Å². The highest BCUT2D eigenvalue weighted by Gasteiger charge is 2.23. The van der Waals surface area contributed by atoms with E-state index in [2.05, 4.69) is 25.3 Å². The zero-order chi connectivity index (χ0) is 21.3. The molecule has 6 nitrogen and oxygen atoms in total. The topological polar surface area (TPSA) is 56.6 Å². The van der Waals surface area contributed by atoms with Crippen molar-refractivity contribution in [1.82, 2.24) is 14.5 Å². The first-order chi connectivity index (χ1) is 14.5. The summed E-state index contributed by atoms with van der Waals surface area (Å²) in [5, 5.41) is 0.682. The molecular weight excluding hydrogens is 402 g/mol. The van der Waals surface area contributed by atoms with E-state index in [-0.39, 0.29) is 12.7 Å². The molecule has 3 aromatic rings. The summed E-state index contributed by atoms with van der Waals surface area (Å²) in [4.78, 5) is 20.1. The number of ether oxygens (including phenoxy) is 2. The molecule has 158 valence electrons. The second-order valence-electron chi connectivity index (χ2n) is 7.96. The van der Waals surface area contributed by atoms with E-state index in [1.807, 2.05) is 23.1 Å². The fourth-order valence-corrected chi connectivity index (χ4v) is 3.95. The molecule has 1 aliphatic heterocycles. The van der Waals surface area contributed by atoms with E-state index in [9.17, 15) is 4.79 Å². The van der Waals surface area contributed by atoms with Crippen LogP contribution in [0, 0.1) is 5.92 Å². The molecular formula is C23H26ClN3O3. The minimum absolute atomic E-state index is 0.0462. The summed E-state index contributed by atoms with van der Waals surface area (Å²) < 4.78 is 13.0. The molecule has 4 rings (SSSR count). The van der Waals surface area contributed by atoms with E-state index in [4.69, 9.17) is 26.1 Å². The maximum Gasteiger partial charge on any atom is 0.254 e. The zero-order valence-corrected chi connectivity index (χ0v) is 18.3. The number of nitrogens with zero attached hydrogens (tertiary/aromatic N) is 3. The molecule has 2 heterocycles. The molecule has 0 bridgehead atoms. The molecule has 0 unspecified atom stereocenters. The highest BCUT2D eigenvalue weighted by molar-refractivity contribution is 6.31. The smallest absolute Gasteiger partial charge is 0.254 e. The van der Waals surface area contributed by atoms with E-state index in [0.29, 0.717) is 41.1 Å². The average molecular weight is 428 g/mol. The number of hydrogen-bond donors (Lipinski definition) is 0. The van der Waals surface area contributed by atoms with Crippen LogP contribution in [0.25, 0.3) is 11.0 Å². The van der Waals surface area contributed by atoms with Gasteiger partial charge in [0.25, 0.3) is 5.91 Å². The van der Waals surface area contributed by atoms with Crippen LogP contribution in [-0.4, -0.2) is 33.7 Å². The Hall–Kier alpha value is -2.73. The van der Waals surface area contributed by atoms with Gasteiger partial charge in [-0.2, -0.15) is 0 Å². The summed E-state index contributed by atoms with van der Waals surface area (Å²) >= 11 is 6.22. The van der Waals surface area contributed by atoms with Gasteiger partial charge in [-0.25, -0.2) is 4.98 Å². The van der Waals surface area contributed by atoms with Crippen molar-refractivity contribution < 1.29 is 14.3 Å². The third-order valence-corrected chi connectivity index (χ3v) is 5.30. The fraction of sp³-hybridized carbons (Fsp3) is 0.391. The molecule has 7 heteroatoms. The van der Waals surface area contributed by atoms with E-state index < -0.39 is 0 Å². The third-order valence-electron chi connectivity index (χ3n) is 5.06. The van der Waals surface area contributed by atoms with Crippen LogP contribution in [-0.2, 0) is 13.1 Å². The van der Waals surface area contributed by atoms with E-state index in [0.717, 1.165) is 29.8 Å². The van der Waals surface area contributed by atoms with Gasteiger partial charge in [-0.3, -0.25) is 4.79 Å². The molecule has 0 aliphatic carbocycles. The van der Waals surface area contributed by atoms with E-state index in [1.54, 1.807) is 18.2 Å². The molecule has 0 radical (unpaired) electrons. The van der Waals surface area contributed by atoms with Crippen LogP contribution in [0.1, 0.15) is 43.4 Å². The lowest BCUT2D eigenvalue weighted by Gasteiger charge is -2.25. The van der Waals surface area contributed by atoms with Crippen LogP contribution in [0.3, 0.4) is 0 Å². The van der Waals surface area contributed by atoms with E-state index in [1.165, 1.54) is 0 Å². The standard InChI is InChI=1S/C23H26ClN3O3/c1-4-9-27-19-11-17(24)6-7-18(19)25-22(27)13-26(12-15(2)3)23(28)16-5-8-20-21(10-16)30-14-29-20/h5-8,10-11,15H,4,9,12-14H2,1-3H3. The summed E-state index contributed by atoms with van der Waals surface area (Å²) in [6.07, 6.45) is 0.964. The van der Waals surface area contributed by atoms with Crippen molar-refractivity contribution in [3.8, 4) is 11.5 Å².